The normalized spacial score (nSPS) is 16.2. The second-order valence-corrected chi connectivity index (χ2v) is 7.77. The minimum Gasteiger partial charge on any atom is -0.469 e. The predicted molar refractivity (Wildman–Crippen MR) is 112 cm³/mol. The van der Waals surface area contributed by atoms with Gasteiger partial charge in [-0.05, 0) is 44.9 Å². The Morgan fingerprint density at radius 1 is 1.39 bits per heavy atom. The van der Waals surface area contributed by atoms with Gasteiger partial charge in [-0.15, -0.1) is 0 Å². The van der Waals surface area contributed by atoms with Crippen molar-refractivity contribution in [3.05, 3.63) is 24.0 Å². The number of benzene rings is 1. The van der Waals surface area contributed by atoms with Crippen molar-refractivity contribution in [2.75, 3.05) is 31.6 Å². The highest BCUT2D eigenvalue weighted by Crippen LogP contribution is 2.28. The first-order chi connectivity index (χ1) is 13.3. The maximum atomic E-state index is 12.1. The molecule has 7 heteroatoms. The number of aromatic nitrogens is 2. The van der Waals surface area contributed by atoms with Gasteiger partial charge >= 0.3 is 5.97 Å². The second-order valence-electron chi connectivity index (χ2n) is 7.77. The van der Waals surface area contributed by atoms with E-state index >= 15 is 0 Å². The van der Waals surface area contributed by atoms with Gasteiger partial charge in [0.2, 0.25) is 0 Å². The number of carbonyl (C=O) groups is 1. The highest BCUT2D eigenvalue weighted by molar-refractivity contribution is 5.81. The first kappa shape index (κ1) is 20.2. The molecule has 7 nitrogen and oxygen atoms in total. The fourth-order valence-corrected chi connectivity index (χ4v) is 4.03. The molecule has 1 saturated heterocycles. The molecule has 28 heavy (non-hydrogen) atoms. The summed E-state index contributed by atoms with van der Waals surface area (Å²) in [6.07, 6.45) is 1.93. The topological polar surface area (TPSA) is 74.5 Å². The number of esters is 1. The average Bonchev–Trinajstić information content (AvgIpc) is 2.98. The molecule has 0 aliphatic carbocycles. The summed E-state index contributed by atoms with van der Waals surface area (Å²) in [5.41, 5.74) is 3.19. The van der Waals surface area contributed by atoms with Crippen LogP contribution in [0, 0.1) is 18.3 Å². The molecule has 1 aromatic heterocycles. The van der Waals surface area contributed by atoms with Gasteiger partial charge < -0.3 is 19.1 Å². The Morgan fingerprint density at radius 2 is 2.07 bits per heavy atom. The van der Waals surface area contributed by atoms with Crippen molar-refractivity contribution in [2.24, 2.45) is 13.0 Å². The molecule has 1 aliphatic rings. The van der Waals surface area contributed by atoms with Crippen LogP contribution >= 0.6 is 0 Å². The zero-order valence-electron chi connectivity index (χ0n) is 17.5. The molecule has 2 aromatic rings. The number of ether oxygens (including phenoxy) is 1. The molecule has 0 saturated carbocycles. The summed E-state index contributed by atoms with van der Waals surface area (Å²) in [4.78, 5) is 21.1. The number of carbonyl (C=O) groups excluding carboxylic acids is 1. The molecule has 1 unspecified atom stereocenters. The van der Waals surface area contributed by atoms with Crippen LogP contribution in [0.5, 0.6) is 0 Å². The molecule has 3 rings (SSSR count). The lowest BCUT2D eigenvalue weighted by Crippen LogP contribution is -2.48. The van der Waals surface area contributed by atoms with Gasteiger partial charge in [-0.3, -0.25) is 10.2 Å². The SMILES string of the molecule is COC(=O)C(C)CN(c1ccc2nc(C)n(C)c2c1)C1CCN(C(C)=N)CC1. The Hall–Kier alpha value is -2.57. The number of aryl methyl sites for hydroxylation is 2. The van der Waals surface area contributed by atoms with Crippen LogP contribution in [-0.2, 0) is 16.6 Å². The molecule has 1 fully saturated rings. The quantitative estimate of drug-likeness (QED) is 0.487. The second kappa shape index (κ2) is 8.20. The fraction of sp³-hybridized carbons (Fsp3) is 0.571. The van der Waals surface area contributed by atoms with E-state index in [-0.39, 0.29) is 11.9 Å². The van der Waals surface area contributed by atoms with Gasteiger partial charge in [0.25, 0.3) is 0 Å². The number of hydrogen-bond donors (Lipinski definition) is 1. The minimum absolute atomic E-state index is 0.185. The average molecular weight is 386 g/mol. The van der Waals surface area contributed by atoms with Crippen LogP contribution in [0.1, 0.15) is 32.5 Å². The summed E-state index contributed by atoms with van der Waals surface area (Å²) in [5.74, 6) is 1.21. The van der Waals surface area contributed by atoms with Crippen LogP contribution in [0.25, 0.3) is 11.0 Å². The van der Waals surface area contributed by atoms with E-state index in [0.29, 0.717) is 18.4 Å². The van der Waals surface area contributed by atoms with E-state index in [4.69, 9.17) is 10.1 Å². The summed E-state index contributed by atoms with van der Waals surface area (Å²) < 4.78 is 7.06. The van der Waals surface area contributed by atoms with E-state index in [1.807, 2.05) is 27.8 Å². The lowest BCUT2D eigenvalue weighted by molar-refractivity contribution is -0.144. The number of hydrogen-bond acceptors (Lipinski definition) is 5. The van der Waals surface area contributed by atoms with Crippen molar-refractivity contribution in [2.45, 2.75) is 39.7 Å². The van der Waals surface area contributed by atoms with Crippen molar-refractivity contribution < 1.29 is 9.53 Å². The number of rotatable bonds is 5. The Bertz CT molecular complexity index is 867. The standard InChI is InChI=1S/C21H31N5O2/c1-14(21(27)28-5)13-26(17-8-10-25(11-9-17)15(2)22)18-6-7-19-20(12-18)24(4)16(3)23-19/h6-7,12,14,17,22H,8-11,13H2,1-5H3. The predicted octanol–water partition coefficient (Wildman–Crippen LogP) is 2.96. The molecule has 0 amide bonds. The number of likely N-dealkylation sites (tertiary alicyclic amines) is 1. The van der Waals surface area contributed by atoms with E-state index in [1.165, 1.54) is 7.11 Å². The smallest absolute Gasteiger partial charge is 0.310 e. The number of methoxy groups -OCH3 is 1. The van der Waals surface area contributed by atoms with Gasteiger partial charge in [0.15, 0.2) is 0 Å². The van der Waals surface area contributed by atoms with Gasteiger partial charge in [0.1, 0.15) is 5.82 Å². The zero-order chi connectivity index (χ0) is 20.4. The van der Waals surface area contributed by atoms with Crippen LogP contribution in [0.4, 0.5) is 5.69 Å². The summed E-state index contributed by atoms with van der Waals surface area (Å²) in [6, 6.07) is 6.67. The van der Waals surface area contributed by atoms with Crippen LogP contribution in [0.3, 0.4) is 0 Å². The van der Waals surface area contributed by atoms with Crippen LogP contribution in [0.15, 0.2) is 18.2 Å². The third-order valence-corrected chi connectivity index (χ3v) is 5.87. The van der Waals surface area contributed by atoms with Gasteiger partial charge in [0.05, 0.1) is 29.9 Å². The maximum absolute atomic E-state index is 12.1. The number of nitrogens with one attached hydrogen (secondary N) is 1. The molecule has 152 valence electrons. The molecular weight excluding hydrogens is 354 g/mol. The monoisotopic (exact) mass is 385 g/mol. The number of amidine groups is 1. The number of piperidine rings is 1. The lowest BCUT2D eigenvalue weighted by atomic mass is 10.00. The van der Waals surface area contributed by atoms with Crippen molar-refractivity contribution >= 4 is 28.5 Å². The first-order valence-corrected chi connectivity index (χ1v) is 9.89. The van der Waals surface area contributed by atoms with Gasteiger partial charge in [-0.25, -0.2) is 4.98 Å². The van der Waals surface area contributed by atoms with Gasteiger partial charge in [-0.1, -0.05) is 6.92 Å². The Kier molecular flexibility index (Phi) is 5.91. The van der Waals surface area contributed by atoms with E-state index in [0.717, 1.165) is 48.5 Å². The highest BCUT2D eigenvalue weighted by atomic mass is 16.5. The summed E-state index contributed by atoms with van der Waals surface area (Å²) >= 11 is 0. The third kappa shape index (κ3) is 3.98. The fourth-order valence-electron chi connectivity index (χ4n) is 4.03. The molecule has 1 aromatic carbocycles. The Labute approximate surface area is 166 Å². The molecule has 0 bridgehead atoms. The third-order valence-electron chi connectivity index (χ3n) is 5.87. The number of fused-ring (bicyclic) bond motifs is 1. The minimum atomic E-state index is -0.212. The Balaban J connectivity index is 1.91. The van der Waals surface area contributed by atoms with Crippen LogP contribution in [-0.4, -0.2) is 59.0 Å². The van der Waals surface area contributed by atoms with Crippen molar-refractivity contribution in [3.63, 3.8) is 0 Å². The number of imidazole rings is 1. The van der Waals surface area contributed by atoms with E-state index in [1.54, 1.807) is 0 Å². The van der Waals surface area contributed by atoms with Gasteiger partial charge in [-0.2, -0.15) is 0 Å². The van der Waals surface area contributed by atoms with Crippen LogP contribution in [0.2, 0.25) is 0 Å². The van der Waals surface area contributed by atoms with Crippen molar-refractivity contribution in [1.82, 2.24) is 14.5 Å². The maximum Gasteiger partial charge on any atom is 0.310 e. The van der Waals surface area contributed by atoms with Gasteiger partial charge in [0, 0.05) is 38.4 Å². The largest absolute Gasteiger partial charge is 0.469 e. The summed E-state index contributed by atoms with van der Waals surface area (Å²) in [5, 5.41) is 7.88. The number of nitrogens with zero attached hydrogens (tertiary/aromatic N) is 4. The molecule has 2 heterocycles. The van der Waals surface area contributed by atoms with Crippen LogP contribution < -0.4 is 4.90 Å². The van der Waals surface area contributed by atoms with E-state index < -0.39 is 0 Å². The first-order valence-electron chi connectivity index (χ1n) is 9.89. The molecule has 1 aliphatic heterocycles. The molecule has 0 spiro atoms. The molecule has 0 radical (unpaired) electrons. The molecule has 1 N–H and O–H groups in total. The van der Waals surface area contributed by atoms with Crippen molar-refractivity contribution in [3.8, 4) is 0 Å². The summed E-state index contributed by atoms with van der Waals surface area (Å²) in [7, 11) is 3.47. The molecular formula is C21H31N5O2. The van der Waals surface area contributed by atoms with E-state index in [2.05, 4.69) is 37.5 Å². The van der Waals surface area contributed by atoms with E-state index in [9.17, 15) is 4.79 Å². The molecule has 1 atom stereocenters. The summed E-state index contributed by atoms with van der Waals surface area (Å²) in [6.45, 7) is 8.13. The van der Waals surface area contributed by atoms with Crippen molar-refractivity contribution in [1.29, 1.82) is 5.41 Å². The lowest BCUT2D eigenvalue weighted by Gasteiger charge is -2.41. The Morgan fingerprint density at radius 3 is 2.68 bits per heavy atom. The zero-order valence-corrected chi connectivity index (χ0v) is 17.5. The number of anilines is 1. The highest BCUT2D eigenvalue weighted by Gasteiger charge is 2.28.